The first-order valence-corrected chi connectivity index (χ1v) is 5.72. The summed E-state index contributed by atoms with van der Waals surface area (Å²) in [6.07, 6.45) is 1.21. The average Bonchev–Trinajstić information content (AvgIpc) is 2.59. The molecule has 15 heavy (non-hydrogen) atoms. The molecule has 0 amide bonds. The lowest BCUT2D eigenvalue weighted by Crippen LogP contribution is -2.10. The molecule has 1 aliphatic rings. The summed E-state index contributed by atoms with van der Waals surface area (Å²) in [7, 11) is -3.56. The summed E-state index contributed by atoms with van der Waals surface area (Å²) in [6, 6.07) is 8.43. The monoisotopic (exact) mass is 221 g/mol. The highest BCUT2D eigenvalue weighted by Gasteiger charge is 2.19. The molecule has 1 heterocycles. The molecule has 0 aromatic heterocycles. The molecule has 0 bridgehead atoms. The van der Waals surface area contributed by atoms with Gasteiger partial charge in [0.25, 0.3) is 10.0 Å². The van der Waals surface area contributed by atoms with Crippen LogP contribution in [-0.4, -0.2) is 19.9 Å². The van der Waals surface area contributed by atoms with Gasteiger partial charge in [-0.2, -0.15) is 12.8 Å². The zero-order valence-electron chi connectivity index (χ0n) is 7.62. The second-order valence-corrected chi connectivity index (χ2v) is 4.47. The van der Waals surface area contributed by atoms with E-state index in [2.05, 4.69) is 4.40 Å². The Labute approximate surface area is 87.0 Å². The minimum Gasteiger partial charge on any atom is -0.287 e. The molecule has 1 aromatic carbocycles. The highest BCUT2D eigenvalue weighted by atomic mass is 32.2. The third kappa shape index (κ3) is 2.02. The van der Waals surface area contributed by atoms with Crippen molar-refractivity contribution in [3.8, 4) is 0 Å². The van der Waals surface area contributed by atoms with Gasteiger partial charge < -0.3 is 0 Å². The van der Waals surface area contributed by atoms with Crippen LogP contribution in [0.2, 0.25) is 0 Å². The molecular formula is C10H7NO3S. The van der Waals surface area contributed by atoms with Crippen LogP contribution in [0.3, 0.4) is 0 Å². The second kappa shape index (κ2) is 3.43. The molecule has 0 N–H and O–H groups in total. The van der Waals surface area contributed by atoms with Crippen LogP contribution in [0, 0.1) is 0 Å². The zero-order valence-corrected chi connectivity index (χ0v) is 8.44. The number of carbonyl (C=O) groups excluding carboxylic acids is 1. The summed E-state index contributed by atoms with van der Waals surface area (Å²) in [5, 5.41) is 0.920. The molecule has 0 spiro atoms. The van der Waals surface area contributed by atoms with E-state index in [0.717, 1.165) is 5.41 Å². The number of carbonyl (C=O) groups is 1. The van der Waals surface area contributed by atoms with E-state index in [1.165, 1.54) is 6.08 Å². The van der Waals surface area contributed by atoms with Crippen LogP contribution >= 0.6 is 0 Å². The van der Waals surface area contributed by atoms with E-state index >= 15 is 0 Å². The van der Waals surface area contributed by atoms with Crippen LogP contribution in [0.5, 0.6) is 0 Å². The molecular weight excluding hydrogens is 214 g/mol. The lowest BCUT2D eigenvalue weighted by Gasteiger charge is -1.96. The number of ketones is 1. The number of benzene rings is 1. The third-order valence-corrected chi connectivity index (χ3v) is 2.82. The Morgan fingerprint density at radius 1 is 1.13 bits per heavy atom. The SMILES string of the molecule is O=C(C1=NS(=O)(=O)C=C1)c1ccccc1. The minimum absolute atomic E-state index is 0.0406. The van der Waals surface area contributed by atoms with Gasteiger partial charge in [0, 0.05) is 5.56 Å². The molecule has 0 aliphatic carbocycles. The van der Waals surface area contributed by atoms with E-state index in [9.17, 15) is 13.2 Å². The molecule has 0 saturated heterocycles. The van der Waals surface area contributed by atoms with E-state index in [1.807, 2.05) is 0 Å². The van der Waals surface area contributed by atoms with Crippen molar-refractivity contribution >= 4 is 21.5 Å². The number of sulfonamides is 1. The molecule has 1 aliphatic heterocycles. The Morgan fingerprint density at radius 3 is 2.33 bits per heavy atom. The number of hydrogen-bond donors (Lipinski definition) is 0. The number of Topliss-reactive ketones (excluding diaryl/α,β-unsaturated/α-hetero) is 1. The van der Waals surface area contributed by atoms with Gasteiger partial charge in [-0.1, -0.05) is 30.3 Å². The molecule has 76 valence electrons. The Morgan fingerprint density at radius 2 is 1.80 bits per heavy atom. The van der Waals surface area contributed by atoms with Gasteiger partial charge in [-0.15, -0.1) is 0 Å². The Bertz CT molecular complexity index is 556. The molecule has 2 rings (SSSR count). The van der Waals surface area contributed by atoms with Gasteiger partial charge in [-0.25, -0.2) is 0 Å². The Hall–Kier alpha value is -1.75. The predicted molar refractivity (Wildman–Crippen MR) is 56.3 cm³/mol. The van der Waals surface area contributed by atoms with E-state index < -0.39 is 10.0 Å². The first-order valence-electron chi connectivity index (χ1n) is 4.21. The van der Waals surface area contributed by atoms with Crippen molar-refractivity contribution in [3.63, 3.8) is 0 Å². The van der Waals surface area contributed by atoms with Gasteiger partial charge in [0.2, 0.25) is 5.78 Å². The third-order valence-electron chi connectivity index (χ3n) is 1.89. The van der Waals surface area contributed by atoms with Crippen molar-refractivity contribution in [1.29, 1.82) is 0 Å². The summed E-state index contributed by atoms with van der Waals surface area (Å²) >= 11 is 0. The molecule has 0 radical (unpaired) electrons. The maximum atomic E-state index is 11.7. The number of nitrogens with zero attached hydrogens (tertiary/aromatic N) is 1. The first-order chi connectivity index (χ1) is 7.08. The van der Waals surface area contributed by atoms with Gasteiger partial charge in [-0.3, -0.25) is 4.79 Å². The van der Waals surface area contributed by atoms with E-state index in [1.54, 1.807) is 30.3 Å². The van der Waals surface area contributed by atoms with Crippen LogP contribution in [-0.2, 0) is 10.0 Å². The summed E-state index contributed by atoms with van der Waals surface area (Å²) in [5.74, 6) is -0.382. The molecule has 0 unspecified atom stereocenters. The van der Waals surface area contributed by atoms with Crippen LogP contribution in [0.25, 0.3) is 0 Å². The summed E-state index contributed by atoms with van der Waals surface area (Å²) in [6.45, 7) is 0. The predicted octanol–water partition coefficient (Wildman–Crippen LogP) is 1.17. The summed E-state index contributed by atoms with van der Waals surface area (Å²) in [5.41, 5.74) is 0.388. The highest BCUT2D eigenvalue weighted by Crippen LogP contribution is 2.10. The van der Waals surface area contributed by atoms with Gasteiger partial charge in [0.15, 0.2) is 0 Å². The number of allylic oxidation sites excluding steroid dienone is 1. The van der Waals surface area contributed by atoms with Crippen LogP contribution in [0.15, 0.2) is 46.2 Å². The quantitative estimate of drug-likeness (QED) is 0.704. The number of hydrogen-bond acceptors (Lipinski definition) is 3. The fourth-order valence-electron chi connectivity index (χ4n) is 1.20. The average molecular weight is 221 g/mol. The van der Waals surface area contributed by atoms with Crippen LogP contribution < -0.4 is 0 Å². The lowest BCUT2D eigenvalue weighted by molar-refractivity contribution is 0.106. The molecule has 1 aromatic rings. The molecule has 4 nitrogen and oxygen atoms in total. The van der Waals surface area contributed by atoms with Gasteiger partial charge >= 0.3 is 0 Å². The minimum atomic E-state index is -3.56. The molecule has 5 heteroatoms. The van der Waals surface area contributed by atoms with Crippen LogP contribution in [0.4, 0.5) is 0 Å². The normalized spacial score (nSPS) is 17.5. The number of rotatable bonds is 2. The van der Waals surface area contributed by atoms with Gasteiger partial charge in [0.1, 0.15) is 5.71 Å². The highest BCUT2D eigenvalue weighted by molar-refractivity contribution is 7.93. The van der Waals surface area contributed by atoms with E-state index in [0.29, 0.717) is 5.56 Å². The van der Waals surface area contributed by atoms with Crippen molar-refractivity contribution < 1.29 is 13.2 Å². The standard InChI is InChI=1S/C10H7NO3S/c12-10(8-4-2-1-3-5-8)9-6-7-15(13,14)11-9/h1-7H. The van der Waals surface area contributed by atoms with Crippen LogP contribution in [0.1, 0.15) is 10.4 Å². The van der Waals surface area contributed by atoms with E-state index in [4.69, 9.17) is 0 Å². The van der Waals surface area contributed by atoms with Crippen molar-refractivity contribution in [2.45, 2.75) is 0 Å². The fourth-order valence-corrected chi connectivity index (χ4v) is 1.98. The maximum Gasteiger partial charge on any atom is 0.276 e. The largest absolute Gasteiger partial charge is 0.287 e. The molecule has 0 saturated carbocycles. The topological polar surface area (TPSA) is 63.6 Å². The first kappa shape index (κ1) is 9.79. The zero-order chi connectivity index (χ0) is 10.9. The Kier molecular flexibility index (Phi) is 2.24. The molecule has 0 atom stereocenters. The van der Waals surface area contributed by atoms with Crippen molar-refractivity contribution in [2.24, 2.45) is 4.40 Å². The summed E-state index contributed by atoms with van der Waals surface area (Å²) in [4.78, 5) is 11.7. The Balaban J connectivity index is 2.37. The van der Waals surface area contributed by atoms with Crippen molar-refractivity contribution in [3.05, 3.63) is 47.4 Å². The summed E-state index contributed by atoms with van der Waals surface area (Å²) < 4.78 is 25.2. The maximum absolute atomic E-state index is 11.7. The van der Waals surface area contributed by atoms with E-state index in [-0.39, 0.29) is 11.5 Å². The van der Waals surface area contributed by atoms with Gasteiger partial charge in [0.05, 0.1) is 5.41 Å². The van der Waals surface area contributed by atoms with Crippen molar-refractivity contribution in [1.82, 2.24) is 0 Å². The second-order valence-electron chi connectivity index (χ2n) is 2.99. The lowest BCUT2D eigenvalue weighted by atomic mass is 10.1. The fraction of sp³-hybridized carbons (Fsp3) is 0. The van der Waals surface area contributed by atoms with Gasteiger partial charge in [-0.05, 0) is 6.08 Å². The van der Waals surface area contributed by atoms with Crippen molar-refractivity contribution in [2.75, 3.05) is 0 Å². The smallest absolute Gasteiger partial charge is 0.276 e. The molecule has 0 fully saturated rings.